The second kappa shape index (κ2) is 11.3. The van der Waals surface area contributed by atoms with E-state index in [1.165, 1.54) is 28.9 Å². The van der Waals surface area contributed by atoms with E-state index in [0.29, 0.717) is 18.7 Å². The van der Waals surface area contributed by atoms with Crippen molar-refractivity contribution in [3.63, 3.8) is 0 Å². The van der Waals surface area contributed by atoms with Gasteiger partial charge in [0.1, 0.15) is 11.4 Å². The Labute approximate surface area is 226 Å². The van der Waals surface area contributed by atoms with Crippen molar-refractivity contribution in [1.82, 2.24) is 29.7 Å². The van der Waals surface area contributed by atoms with Gasteiger partial charge in [0.15, 0.2) is 0 Å². The van der Waals surface area contributed by atoms with Crippen molar-refractivity contribution < 1.29 is 27.2 Å². The molecule has 0 unspecified atom stereocenters. The van der Waals surface area contributed by atoms with Gasteiger partial charge in [-0.1, -0.05) is 29.4 Å². The van der Waals surface area contributed by atoms with Crippen LogP contribution in [-0.2, 0) is 17.8 Å². The Balaban J connectivity index is 1.28. The number of nitrogens with zero attached hydrogens (tertiary/aromatic N) is 6. The molecule has 10 nitrogen and oxygen atoms in total. The summed E-state index contributed by atoms with van der Waals surface area (Å²) < 4.78 is 47.6. The minimum absolute atomic E-state index is 0.0332. The van der Waals surface area contributed by atoms with Crippen molar-refractivity contribution in [2.75, 3.05) is 33.2 Å². The number of hydrogen-bond acceptors (Lipinski definition) is 8. The lowest BCUT2D eigenvalue weighted by Crippen LogP contribution is -2.47. The number of hydrogen-bond donors (Lipinski definition) is 0. The molecule has 208 valence electrons. The first-order valence-electron chi connectivity index (χ1n) is 12.5. The molecule has 1 amide bonds. The van der Waals surface area contributed by atoms with Gasteiger partial charge in [0.05, 0.1) is 13.0 Å². The maximum Gasteiger partial charge on any atom is 0.573 e. The number of alkyl halides is 3. The van der Waals surface area contributed by atoms with Gasteiger partial charge >= 0.3 is 6.36 Å². The molecule has 0 radical (unpaired) electrons. The molecular formula is C27H25F3N6O4. The third-order valence-electron chi connectivity index (χ3n) is 6.39. The largest absolute Gasteiger partial charge is 0.573 e. The van der Waals surface area contributed by atoms with Crippen LogP contribution < -0.4 is 10.3 Å². The third-order valence-corrected chi connectivity index (χ3v) is 6.39. The summed E-state index contributed by atoms with van der Waals surface area (Å²) >= 11 is 0. The van der Waals surface area contributed by atoms with Crippen molar-refractivity contribution in [2.24, 2.45) is 0 Å². The van der Waals surface area contributed by atoms with Gasteiger partial charge in [-0.05, 0) is 48.5 Å². The topological polar surface area (TPSA) is 107 Å². The number of likely N-dealkylation sites (N-methyl/N-ethyl adjacent to an activating group) is 1. The average molecular weight is 555 g/mol. The van der Waals surface area contributed by atoms with Gasteiger partial charge in [0.2, 0.25) is 11.7 Å². The number of ether oxygens (including phenoxy) is 1. The number of carbonyl (C=O) groups is 1. The molecule has 1 aliphatic rings. The maximum atomic E-state index is 12.7. The van der Waals surface area contributed by atoms with E-state index in [0.717, 1.165) is 36.3 Å². The number of piperazine rings is 1. The van der Waals surface area contributed by atoms with Gasteiger partial charge in [-0.15, -0.1) is 13.2 Å². The summed E-state index contributed by atoms with van der Waals surface area (Å²) in [7, 11) is 2.03. The van der Waals surface area contributed by atoms with Crippen molar-refractivity contribution >= 4 is 5.91 Å². The quantitative estimate of drug-likeness (QED) is 0.343. The first-order valence-corrected chi connectivity index (χ1v) is 12.5. The lowest BCUT2D eigenvalue weighted by molar-refractivity contribution is -0.274. The standard InChI is InChI=1S/C27H25F3N6O4/c1-34-11-13-35(14-12-34)24(38)16-18-3-2-4-19(15-18)17-36-23(37)10-9-22(32-36)26-31-25(33-40-26)20-5-7-21(8-6-20)39-27(28,29)30/h2-10,15H,11-14,16-17H2,1H3. The third kappa shape index (κ3) is 6.72. The van der Waals surface area contributed by atoms with Gasteiger partial charge in [0, 0.05) is 37.8 Å². The van der Waals surface area contributed by atoms with Crippen LogP contribution in [0.5, 0.6) is 5.75 Å². The Morgan fingerprint density at radius 2 is 1.73 bits per heavy atom. The fraction of sp³-hybridized carbons (Fsp3) is 0.296. The molecule has 0 bridgehead atoms. The molecule has 1 saturated heterocycles. The molecular weight excluding hydrogens is 529 g/mol. The van der Waals surface area contributed by atoms with Crippen LogP contribution in [0.15, 0.2) is 70.0 Å². The van der Waals surface area contributed by atoms with Crippen LogP contribution in [0.1, 0.15) is 11.1 Å². The van der Waals surface area contributed by atoms with Gasteiger partial charge in [-0.25, -0.2) is 4.68 Å². The second-order valence-electron chi connectivity index (χ2n) is 9.39. The van der Waals surface area contributed by atoms with Crippen LogP contribution in [0, 0.1) is 0 Å². The molecule has 1 fully saturated rings. The highest BCUT2D eigenvalue weighted by molar-refractivity contribution is 5.79. The molecule has 0 spiro atoms. The maximum absolute atomic E-state index is 12.7. The number of amides is 1. The second-order valence-corrected chi connectivity index (χ2v) is 9.39. The molecule has 0 saturated carbocycles. The highest BCUT2D eigenvalue weighted by Crippen LogP contribution is 2.26. The van der Waals surface area contributed by atoms with Crippen molar-refractivity contribution in [3.05, 3.63) is 82.1 Å². The highest BCUT2D eigenvalue weighted by Gasteiger charge is 2.31. The van der Waals surface area contributed by atoms with E-state index in [9.17, 15) is 22.8 Å². The molecule has 4 aromatic rings. The molecule has 2 aromatic heterocycles. The Kier molecular flexibility index (Phi) is 7.65. The fourth-order valence-corrected chi connectivity index (χ4v) is 4.28. The zero-order chi connectivity index (χ0) is 28.3. The minimum atomic E-state index is -4.79. The molecule has 0 N–H and O–H groups in total. The zero-order valence-corrected chi connectivity index (χ0v) is 21.5. The summed E-state index contributed by atoms with van der Waals surface area (Å²) in [6, 6.07) is 15.2. The molecule has 1 aliphatic heterocycles. The number of rotatable bonds is 7. The predicted octanol–water partition coefficient (Wildman–Crippen LogP) is 3.22. The van der Waals surface area contributed by atoms with Gasteiger partial charge < -0.3 is 19.1 Å². The lowest BCUT2D eigenvalue weighted by Gasteiger charge is -2.32. The smallest absolute Gasteiger partial charge is 0.406 e. The molecule has 13 heteroatoms. The zero-order valence-electron chi connectivity index (χ0n) is 21.5. The van der Waals surface area contributed by atoms with Crippen molar-refractivity contribution in [3.8, 4) is 28.7 Å². The lowest BCUT2D eigenvalue weighted by atomic mass is 10.1. The number of halogens is 3. The molecule has 0 atom stereocenters. The molecule has 5 rings (SSSR count). The van der Waals surface area contributed by atoms with Gasteiger partial charge in [-0.3, -0.25) is 9.59 Å². The van der Waals surface area contributed by atoms with Crippen LogP contribution in [-0.4, -0.2) is 75.2 Å². The Bertz CT molecular complexity index is 1540. The van der Waals surface area contributed by atoms with E-state index in [2.05, 4.69) is 24.9 Å². The van der Waals surface area contributed by atoms with E-state index in [1.54, 1.807) is 0 Å². The Morgan fingerprint density at radius 3 is 2.45 bits per heavy atom. The Hall–Kier alpha value is -4.52. The van der Waals surface area contributed by atoms with Gasteiger partial charge in [0.25, 0.3) is 11.4 Å². The summed E-state index contributed by atoms with van der Waals surface area (Å²) in [5, 5.41) is 8.22. The van der Waals surface area contributed by atoms with Crippen molar-refractivity contribution in [1.29, 1.82) is 0 Å². The summed E-state index contributed by atoms with van der Waals surface area (Å²) in [6.45, 7) is 3.26. The van der Waals surface area contributed by atoms with Crippen LogP contribution >= 0.6 is 0 Å². The Morgan fingerprint density at radius 1 is 1.00 bits per heavy atom. The number of aromatic nitrogens is 4. The van der Waals surface area contributed by atoms with Crippen LogP contribution in [0.3, 0.4) is 0 Å². The van der Waals surface area contributed by atoms with E-state index in [-0.39, 0.29) is 47.6 Å². The highest BCUT2D eigenvalue weighted by atomic mass is 19.4. The summed E-state index contributed by atoms with van der Waals surface area (Å²) in [5.41, 5.74) is 1.95. The molecule has 40 heavy (non-hydrogen) atoms. The predicted molar refractivity (Wildman–Crippen MR) is 137 cm³/mol. The van der Waals surface area contributed by atoms with E-state index < -0.39 is 6.36 Å². The van der Waals surface area contributed by atoms with Crippen LogP contribution in [0.2, 0.25) is 0 Å². The summed E-state index contributed by atoms with van der Waals surface area (Å²) in [5.74, 6) is -0.143. The van der Waals surface area contributed by atoms with Crippen LogP contribution in [0.25, 0.3) is 23.0 Å². The van der Waals surface area contributed by atoms with E-state index in [4.69, 9.17) is 4.52 Å². The SMILES string of the molecule is CN1CCN(C(=O)Cc2cccc(Cn3nc(-c4nc(-c5ccc(OC(F)(F)F)cc5)no4)ccc3=O)c2)CC1. The fourth-order valence-electron chi connectivity index (χ4n) is 4.28. The first kappa shape index (κ1) is 27.1. The minimum Gasteiger partial charge on any atom is -0.406 e. The van der Waals surface area contributed by atoms with E-state index in [1.807, 2.05) is 36.2 Å². The van der Waals surface area contributed by atoms with Crippen LogP contribution in [0.4, 0.5) is 13.2 Å². The normalized spacial score (nSPS) is 14.3. The summed E-state index contributed by atoms with van der Waals surface area (Å²) in [4.78, 5) is 33.6. The molecule has 2 aromatic carbocycles. The molecule has 3 heterocycles. The van der Waals surface area contributed by atoms with E-state index >= 15 is 0 Å². The summed E-state index contributed by atoms with van der Waals surface area (Å²) in [6.07, 6.45) is -4.52. The monoisotopic (exact) mass is 554 g/mol. The molecule has 0 aliphatic carbocycles. The van der Waals surface area contributed by atoms with Crippen molar-refractivity contribution in [2.45, 2.75) is 19.3 Å². The number of carbonyl (C=O) groups excluding carboxylic acids is 1. The van der Waals surface area contributed by atoms with Gasteiger partial charge in [-0.2, -0.15) is 10.1 Å². The average Bonchev–Trinajstić information content (AvgIpc) is 3.40. The number of benzene rings is 2. The first-order chi connectivity index (χ1) is 19.1.